The Labute approximate surface area is 136 Å². The molecule has 1 heterocycles. The summed E-state index contributed by atoms with van der Waals surface area (Å²) in [5, 5.41) is 0. The molecule has 2 heteroatoms. The van der Waals surface area contributed by atoms with Crippen molar-refractivity contribution in [3.05, 3.63) is 35.4 Å². The summed E-state index contributed by atoms with van der Waals surface area (Å²) in [6.45, 7) is 11.5. The number of rotatable bonds is 2. The van der Waals surface area contributed by atoms with E-state index in [1.54, 1.807) is 0 Å². The van der Waals surface area contributed by atoms with E-state index in [2.05, 4.69) is 56.9 Å². The molecule has 1 aliphatic heterocycles. The van der Waals surface area contributed by atoms with Crippen molar-refractivity contribution in [3.63, 3.8) is 0 Å². The van der Waals surface area contributed by atoms with E-state index in [0.717, 1.165) is 24.9 Å². The second-order valence-corrected chi connectivity index (χ2v) is 8.75. The van der Waals surface area contributed by atoms with E-state index in [4.69, 9.17) is 5.73 Å². The molecule has 1 saturated heterocycles. The van der Waals surface area contributed by atoms with E-state index in [0.29, 0.717) is 12.0 Å². The van der Waals surface area contributed by atoms with E-state index in [1.807, 2.05) is 0 Å². The molecule has 1 saturated carbocycles. The molecular formula is C20H32N2. The summed E-state index contributed by atoms with van der Waals surface area (Å²) in [4.78, 5) is 2.66. The lowest BCUT2D eigenvalue weighted by atomic mass is 9.78. The van der Waals surface area contributed by atoms with Crippen molar-refractivity contribution in [2.24, 2.45) is 11.7 Å². The molecule has 122 valence electrons. The first-order chi connectivity index (χ1) is 10.3. The lowest BCUT2D eigenvalue weighted by molar-refractivity contribution is 0.0542. The van der Waals surface area contributed by atoms with Gasteiger partial charge in [0.15, 0.2) is 0 Å². The Kier molecular flexibility index (Phi) is 4.35. The van der Waals surface area contributed by atoms with Gasteiger partial charge in [0.05, 0.1) is 0 Å². The largest absolute Gasteiger partial charge is 0.327 e. The van der Waals surface area contributed by atoms with Crippen molar-refractivity contribution in [1.82, 2.24) is 4.90 Å². The van der Waals surface area contributed by atoms with Crippen LogP contribution >= 0.6 is 0 Å². The third kappa shape index (κ3) is 3.38. The third-order valence-corrected chi connectivity index (χ3v) is 5.62. The molecule has 0 aromatic heterocycles. The number of piperidine rings is 1. The number of likely N-dealkylation sites (tertiary alicyclic amines) is 1. The maximum atomic E-state index is 6.36. The number of hydrogen-bond acceptors (Lipinski definition) is 2. The van der Waals surface area contributed by atoms with Crippen LogP contribution in [-0.2, 0) is 5.41 Å². The highest BCUT2D eigenvalue weighted by atomic mass is 15.2. The fourth-order valence-corrected chi connectivity index (χ4v) is 4.13. The molecule has 0 bridgehead atoms. The highest BCUT2D eigenvalue weighted by Crippen LogP contribution is 2.36. The number of nitrogens with two attached hydrogens (primary N) is 1. The van der Waals surface area contributed by atoms with Crippen molar-refractivity contribution in [2.45, 2.75) is 70.4 Å². The molecule has 2 fully saturated rings. The van der Waals surface area contributed by atoms with Crippen molar-refractivity contribution in [2.75, 3.05) is 13.1 Å². The summed E-state index contributed by atoms with van der Waals surface area (Å²) < 4.78 is 0. The molecule has 2 unspecified atom stereocenters. The van der Waals surface area contributed by atoms with Crippen LogP contribution in [0, 0.1) is 5.92 Å². The molecule has 2 nitrogen and oxygen atoms in total. The van der Waals surface area contributed by atoms with Crippen molar-refractivity contribution < 1.29 is 0 Å². The standard InChI is InChI=1S/C20H32N2/c1-14-9-19(10-14)22-12-16(11-18(21)13-22)15-5-7-17(8-6-15)20(2,3)4/h5-8,14,16,18-19H,9-13,21H2,1-4H3. The minimum Gasteiger partial charge on any atom is -0.327 e. The Morgan fingerprint density at radius 2 is 1.64 bits per heavy atom. The molecule has 2 aliphatic rings. The van der Waals surface area contributed by atoms with E-state index in [1.165, 1.54) is 30.5 Å². The van der Waals surface area contributed by atoms with Crippen molar-refractivity contribution in [1.29, 1.82) is 0 Å². The van der Waals surface area contributed by atoms with Crippen LogP contribution in [0.2, 0.25) is 0 Å². The smallest absolute Gasteiger partial charge is 0.0174 e. The van der Waals surface area contributed by atoms with Crippen LogP contribution in [0.15, 0.2) is 24.3 Å². The topological polar surface area (TPSA) is 29.3 Å². The highest BCUT2D eigenvalue weighted by Gasteiger charge is 2.36. The van der Waals surface area contributed by atoms with Crippen LogP contribution in [-0.4, -0.2) is 30.1 Å². The second-order valence-electron chi connectivity index (χ2n) is 8.75. The van der Waals surface area contributed by atoms with E-state index in [9.17, 15) is 0 Å². The van der Waals surface area contributed by atoms with Gasteiger partial charge in [-0.3, -0.25) is 4.90 Å². The normalized spacial score (nSPS) is 33.5. The van der Waals surface area contributed by atoms with Crippen LogP contribution in [0.5, 0.6) is 0 Å². The zero-order valence-corrected chi connectivity index (χ0v) is 14.7. The third-order valence-electron chi connectivity index (χ3n) is 5.62. The number of hydrogen-bond donors (Lipinski definition) is 1. The fourth-order valence-electron chi connectivity index (χ4n) is 4.13. The molecule has 0 amide bonds. The average molecular weight is 300 g/mol. The summed E-state index contributed by atoms with van der Waals surface area (Å²) in [6.07, 6.45) is 3.86. The molecule has 22 heavy (non-hydrogen) atoms. The van der Waals surface area contributed by atoms with Gasteiger partial charge in [0.25, 0.3) is 0 Å². The van der Waals surface area contributed by atoms with E-state index in [-0.39, 0.29) is 5.41 Å². The van der Waals surface area contributed by atoms with Crippen LogP contribution in [0.3, 0.4) is 0 Å². The lowest BCUT2D eigenvalue weighted by Gasteiger charge is -2.47. The molecule has 1 aliphatic carbocycles. The van der Waals surface area contributed by atoms with Gasteiger partial charge >= 0.3 is 0 Å². The van der Waals surface area contributed by atoms with Gasteiger partial charge in [-0.2, -0.15) is 0 Å². The summed E-state index contributed by atoms with van der Waals surface area (Å²) in [5.41, 5.74) is 9.48. The molecule has 2 atom stereocenters. The van der Waals surface area contributed by atoms with Crippen LogP contribution in [0.25, 0.3) is 0 Å². The van der Waals surface area contributed by atoms with Crippen molar-refractivity contribution >= 4 is 0 Å². The van der Waals surface area contributed by atoms with Crippen LogP contribution in [0.4, 0.5) is 0 Å². The zero-order chi connectivity index (χ0) is 15.9. The Morgan fingerprint density at radius 3 is 2.18 bits per heavy atom. The van der Waals surface area contributed by atoms with Gasteiger partial charge in [-0.05, 0) is 47.6 Å². The maximum absolute atomic E-state index is 6.36. The predicted octanol–water partition coefficient (Wildman–Crippen LogP) is 3.90. The number of nitrogens with zero attached hydrogens (tertiary/aromatic N) is 1. The van der Waals surface area contributed by atoms with Gasteiger partial charge in [-0.1, -0.05) is 52.0 Å². The van der Waals surface area contributed by atoms with E-state index >= 15 is 0 Å². The minimum atomic E-state index is 0.232. The summed E-state index contributed by atoms with van der Waals surface area (Å²) in [5.74, 6) is 1.52. The lowest BCUT2D eigenvalue weighted by Crippen LogP contribution is -2.53. The summed E-state index contributed by atoms with van der Waals surface area (Å²) >= 11 is 0. The summed E-state index contributed by atoms with van der Waals surface area (Å²) in [6, 6.07) is 10.4. The maximum Gasteiger partial charge on any atom is 0.0174 e. The highest BCUT2D eigenvalue weighted by molar-refractivity contribution is 5.30. The number of benzene rings is 1. The average Bonchev–Trinajstić information content (AvgIpc) is 2.42. The van der Waals surface area contributed by atoms with Gasteiger partial charge in [0, 0.05) is 25.2 Å². The van der Waals surface area contributed by atoms with E-state index < -0.39 is 0 Å². The molecular weight excluding hydrogens is 268 g/mol. The first kappa shape index (κ1) is 16.0. The fraction of sp³-hybridized carbons (Fsp3) is 0.700. The molecule has 0 radical (unpaired) electrons. The van der Waals surface area contributed by atoms with Crippen LogP contribution in [0.1, 0.15) is 64.0 Å². The Hall–Kier alpha value is -0.860. The van der Waals surface area contributed by atoms with Gasteiger partial charge in [-0.15, -0.1) is 0 Å². The molecule has 3 rings (SSSR count). The van der Waals surface area contributed by atoms with Crippen LogP contribution < -0.4 is 5.73 Å². The van der Waals surface area contributed by atoms with Gasteiger partial charge in [-0.25, -0.2) is 0 Å². The first-order valence-corrected chi connectivity index (χ1v) is 8.93. The monoisotopic (exact) mass is 300 g/mol. The minimum absolute atomic E-state index is 0.232. The Bertz CT molecular complexity index is 493. The van der Waals surface area contributed by atoms with Gasteiger partial charge in [0.1, 0.15) is 0 Å². The SMILES string of the molecule is CC1CC(N2CC(N)CC(c3ccc(C(C)(C)C)cc3)C2)C1. The molecule has 1 aromatic rings. The second kappa shape index (κ2) is 5.98. The summed E-state index contributed by atoms with van der Waals surface area (Å²) in [7, 11) is 0. The Morgan fingerprint density at radius 1 is 1.00 bits per heavy atom. The molecule has 0 spiro atoms. The van der Waals surface area contributed by atoms with Gasteiger partial charge in [0.2, 0.25) is 0 Å². The predicted molar refractivity (Wildman–Crippen MR) is 94.2 cm³/mol. The molecule has 1 aromatic carbocycles. The molecule has 2 N–H and O–H groups in total. The Balaban J connectivity index is 1.70. The van der Waals surface area contributed by atoms with Gasteiger partial charge < -0.3 is 5.73 Å². The quantitative estimate of drug-likeness (QED) is 0.897. The zero-order valence-electron chi connectivity index (χ0n) is 14.7. The first-order valence-electron chi connectivity index (χ1n) is 8.93. The van der Waals surface area contributed by atoms with Crippen molar-refractivity contribution in [3.8, 4) is 0 Å².